The standard InChI is InChI=1S/C21H24N2O4/c1-14-6-5-7-15(2)20(14)22-19(25)12-13-23(16(3)24)18-10-8-17(9-11-18)21(26)27-4/h5-11H,12-13H2,1-4H3,(H,22,25). The average molecular weight is 368 g/mol. The van der Waals surface area contributed by atoms with Crippen LogP contribution in [0.3, 0.4) is 0 Å². The highest BCUT2D eigenvalue weighted by molar-refractivity contribution is 5.96. The highest BCUT2D eigenvalue weighted by atomic mass is 16.5. The van der Waals surface area contributed by atoms with Gasteiger partial charge < -0.3 is 15.0 Å². The van der Waals surface area contributed by atoms with Crippen LogP contribution in [-0.2, 0) is 14.3 Å². The summed E-state index contributed by atoms with van der Waals surface area (Å²) in [4.78, 5) is 37.4. The van der Waals surface area contributed by atoms with E-state index in [4.69, 9.17) is 0 Å². The highest BCUT2D eigenvalue weighted by Crippen LogP contribution is 2.20. The quantitative estimate of drug-likeness (QED) is 0.792. The lowest BCUT2D eigenvalue weighted by atomic mass is 10.1. The van der Waals surface area contributed by atoms with E-state index < -0.39 is 5.97 Å². The van der Waals surface area contributed by atoms with Crippen molar-refractivity contribution >= 4 is 29.2 Å². The van der Waals surface area contributed by atoms with E-state index in [1.54, 1.807) is 24.3 Å². The summed E-state index contributed by atoms with van der Waals surface area (Å²) in [5.74, 6) is -0.783. The molecule has 0 atom stereocenters. The van der Waals surface area contributed by atoms with Gasteiger partial charge in [-0.3, -0.25) is 9.59 Å². The molecule has 2 aromatic carbocycles. The van der Waals surface area contributed by atoms with Crippen LogP contribution < -0.4 is 10.2 Å². The van der Waals surface area contributed by atoms with Gasteiger partial charge in [0.25, 0.3) is 0 Å². The molecule has 6 nitrogen and oxygen atoms in total. The Morgan fingerprint density at radius 1 is 1.00 bits per heavy atom. The van der Waals surface area contributed by atoms with Crippen molar-refractivity contribution in [1.82, 2.24) is 0 Å². The number of aryl methyl sites for hydroxylation is 2. The monoisotopic (exact) mass is 368 g/mol. The zero-order chi connectivity index (χ0) is 20.0. The number of ether oxygens (including phenoxy) is 1. The van der Waals surface area contributed by atoms with Crippen LogP contribution >= 0.6 is 0 Å². The van der Waals surface area contributed by atoms with Crippen LogP contribution in [0.2, 0.25) is 0 Å². The third-order valence-electron chi connectivity index (χ3n) is 4.29. The minimum Gasteiger partial charge on any atom is -0.465 e. The summed E-state index contributed by atoms with van der Waals surface area (Å²) in [5.41, 5.74) is 3.81. The molecule has 6 heteroatoms. The summed E-state index contributed by atoms with van der Waals surface area (Å²) in [6.07, 6.45) is 0.159. The number of esters is 1. The molecular weight excluding hydrogens is 344 g/mol. The van der Waals surface area contributed by atoms with Crippen molar-refractivity contribution in [3.63, 3.8) is 0 Å². The number of hydrogen-bond acceptors (Lipinski definition) is 4. The number of nitrogens with zero attached hydrogens (tertiary/aromatic N) is 1. The third kappa shape index (κ3) is 5.17. The van der Waals surface area contributed by atoms with Gasteiger partial charge in [0.15, 0.2) is 0 Å². The number of carbonyl (C=O) groups is 3. The van der Waals surface area contributed by atoms with E-state index in [1.807, 2.05) is 32.0 Å². The first-order valence-electron chi connectivity index (χ1n) is 8.66. The van der Waals surface area contributed by atoms with E-state index in [9.17, 15) is 14.4 Å². The number of hydrogen-bond donors (Lipinski definition) is 1. The van der Waals surface area contributed by atoms with Crippen LogP contribution in [0.25, 0.3) is 0 Å². The van der Waals surface area contributed by atoms with Crippen molar-refractivity contribution in [2.75, 3.05) is 23.9 Å². The number of amides is 2. The highest BCUT2D eigenvalue weighted by Gasteiger charge is 2.15. The number of benzene rings is 2. The second-order valence-corrected chi connectivity index (χ2v) is 6.27. The number of methoxy groups -OCH3 is 1. The lowest BCUT2D eigenvalue weighted by Gasteiger charge is -2.21. The van der Waals surface area contributed by atoms with Crippen molar-refractivity contribution in [2.24, 2.45) is 0 Å². The fourth-order valence-electron chi connectivity index (χ4n) is 2.79. The van der Waals surface area contributed by atoms with E-state index in [1.165, 1.54) is 18.9 Å². The minimum absolute atomic E-state index is 0.159. The van der Waals surface area contributed by atoms with Crippen LogP contribution in [0.15, 0.2) is 42.5 Å². The Morgan fingerprint density at radius 2 is 1.59 bits per heavy atom. The Labute approximate surface area is 159 Å². The zero-order valence-electron chi connectivity index (χ0n) is 16.0. The Morgan fingerprint density at radius 3 is 2.11 bits per heavy atom. The van der Waals surface area contributed by atoms with Gasteiger partial charge in [0.2, 0.25) is 11.8 Å². The van der Waals surface area contributed by atoms with Crippen LogP contribution in [0.4, 0.5) is 11.4 Å². The average Bonchev–Trinajstić information content (AvgIpc) is 2.64. The summed E-state index contributed by atoms with van der Waals surface area (Å²) in [6, 6.07) is 12.3. The molecule has 2 rings (SSSR count). The predicted octanol–water partition coefficient (Wildman–Crippen LogP) is 3.47. The maximum atomic E-state index is 12.3. The second kappa shape index (κ2) is 8.98. The van der Waals surface area contributed by atoms with Crippen molar-refractivity contribution in [3.8, 4) is 0 Å². The van der Waals surface area contributed by atoms with Gasteiger partial charge in [0.1, 0.15) is 0 Å². The van der Waals surface area contributed by atoms with Gasteiger partial charge in [-0.15, -0.1) is 0 Å². The molecule has 0 radical (unpaired) electrons. The van der Waals surface area contributed by atoms with Crippen LogP contribution in [0, 0.1) is 13.8 Å². The molecule has 0 spiro atoms. The molecule has 0 saturated carbocycles. The number of nitrogens with one attached hydrogen (secondary N) is 1. The van der Waals surface area contributed by atoms with E-state index in [2.05, 4.69) is 10.1 Å². The molecular formula is C21H24N2O4. The molecule has 0 aliphatic carbocycles. The maximum Gasteiger partial charge on any atom is 0.337 e. The number of rotatable bonds is 6. The summed E-state index contributed by atoms with van der Waals surface area (Å²) in [7, 11) is 1.31. The number of anilines is 2. The first kappa shape index (κ1) is 20.2. The molecule has 0 aromatic heterocycles. The topological polar surface area (TPSA) is 75.7 Å². The smallest absolute Gasteiger partial charge is 0.337 e. The van der Waals surface area contributed by atoms with E-state index in [0.29, 0.717) is 11.3 Å². The molecule has 2 amide bonds. The number of para-hydroxylation sites is 1. The zero-order valence-corrected chi connectivity index (χ0v) is 16.0. The van der Waals surface area contributed by atoms with Crippen LogP contribution in [0.5, 0.6) is 0 Å². The number of carbonyl (C=O) groups excluding carboxylic acids is 3. The Kier molecular flexibility index (Phi) is 6.71. The molecule has 1 N–H and O–H groups in total. The normalized spacial score (nSPS) is 10.2. The fraction of sp³-hybridized carbons (Fsp3) is 0.286. The van der Waals surface area contributed by atoms with Crippen LogP contribution in [-0.4, -0.2) is 31.4 Å². The third-order valence-corrected chi connectivity index (χ3v) is 4.29. The molecule has 27 heavy (non-hydrogen) atoms. The van der Waals surface area contributed by atoms with Gasteiger partial charge in [0, 0.05) is 31.3 Å². The van der Waals surface area contributed by atoms with E-state index >= 15 is 0 Å². The van der Waals surface area contributed by atoms with Crippen molar-refractivity contribution in [1.29, 1.82) is 0 Å². The fourth-order valence-corrected chi connectivity index (χ4v) is 2.79. The lowest BCUT2D eigenvalue weighted by Crippen LogP contribution is -2.32. The van der Waals surface area contributed by atoms with Crippen molar-refractivity contribution in [2.45, 2.75) is 27.2 Å². The van der Waals surface area contributed by atoms with Gasteiger partial charge in [0.05, 0.1) is 12.7 Å². The van der Waals surface area contributed by atoms with Gasteiger partial charge in [-0.2, -0.15) is 0 Å². The molecule has 0 heterocycles. The molecule has 0 fully saturated rings. The van der Waals surface area contributed by atoms with Crippen LogP contribution in [0.1, 0.15) is 34.8 Å². The molecule has 142 valence electrons. The minimum atomic E-state index is -0.441. The Bertz CT molecular complexity index is 824. The second-order valence-electron chi connectivity index (χ2n) is 6.27. The SMILES string of the molecule is COC(=O)c1ccc(N(CCC(=O)Nc2c(C)cccc2C)C(C)=O)cc1. The molecule has 2 aromatic rings. The van der Waals surface area contributed by atoms with Gasteiger partial charge in [-0.1, -0.05) is 18.2 Å². The predicted molar refractivity (Wildman–Crippen MR) is 105 cm³/mol. The Balaban J connectivity index is 2.05. The first-order valence-corrected chi connectivity index (χ1v) is 8.66. The summed E-state index contributed by atoms with van der Waals surface area (Å²) in [6.45, 7) is 5.56. The van der Waals surface area contributed by atoms with Crippen molar-refractivity contribution in [3.05, 3.63) is 59.2 Å². The van der Waals surface area contributed by atoms with Gasteiger partial charge in [-0.05, 0) is 49.2 Å². The van der Waals surface area contributed by atoms with E-state index in [0.717, 1.165) is 16.8 Å². The largest absolute Gasteiger partial charge is 0.465 e. The molecule has 0 bridgehead atoms. The summed E-state index contributed by atoms with van der Waals surface area (Å²) >= 11 is 0. The summed E-state index contributed by atoms with van der Waals surface area (Å²) in [5, 5.41) is 2.92. The van der Waals surface area contributed by atoms with Crippen molar-refractivity contribution < 1.29 is 19.1 Å². The first-order chi connectivity index (χ1) is 12.8. The molecule has 0 aliphatic rings. The van der Waals surface area contributed by atoms with Gasteiger partial charge >= 0.3 is 5.97 Å². The maximum absolute atomic E-state index is 12.3. The summed E-state index contributed by atoms with van der Waals surface area (Å²) < 4.78 is 4.67. The molecule has 0 aliphatic heterocycles. The van der Waals surface area contributed by atoms with Gasteiger partial charge in [-0.25, -0.2) is 4.79 Å². The van der Waals surface area contributed by atoms with E-state index in [-0.39, 0.29) is 24.8 Å². The lowest BCUT2D eigenvalue weighted by molar-refractivity contribution is -0.117. The molecule has 0 saturated heterocycles. The molecule has 0 unspecified atom stereocenters. The Hall–Kier alpha value is -3.15.